The molecule has 1 atom stereocenters. The molecule has 4 heterocycles. The molecular weight excluding hydrogens is 616 g/mol. The molecule has 2 aliphatic rings. The van der Waals surface area contributed by atoms with Crippen molar-refractivity contribution >= 4 is 34.0 Å². The summed E-state index contributed by atoms with van der Waals surface area (Å²) in [6.07, 6.45) is 6.71. The molecule has 0 aliphatic carbocycles. The number of carbonyl (C=O) groups excluding carboxylic acids is 2. The van der Waals surface area contributed by atoms with Gasteiger partial charge in [-0.3, -0.25) is 19.6 Å². The van der Waals surface area contributed by atoms with E-state index >= 15 is 0 Å². The van der Waals surface area contributed by atoms with Gasteiger partial charge in [0.15, 0.2) is 23.1 Å². The smallest absolute Gasteiger partial charge is 0.258 e. The number of anilines is 1. The lowest BCUT2D eigenvalue weighted by Gasteiger charge is -2.30. The third-order valence-corrected chi connectivity index (χ3v) is 9.13. The highest BCUT2D eigenvalue weighted by Gasteiger charge is 2.45. The van der Waals surface area contributed by atoms with Crippen LogP contribution in [0.3, 0.4) is 0 Å². The number of hydrogen-bond donors (Lipinski definition) is 2. The summed E-state index contributed by atoms with van der Waals surface area (Å²) < 4.78 is 33.2. The Labute approximate surface area is 275 Å². The second-order valence-electron chi connectivity index (χ2n) is 12.0. The number of nitrogens with zero attached hydrogens (tertiary/aromatic N) is 5. The van der Waals surface area contributed by atoms with Gasteiger partial charge in [-0.25, -0.2) is 18.7 Å². The van der Waals surface area contributed by atoms with E-state index in [1.807, 2.05) is 21.9 Å². The SMILES string of the molecule is CO[C@@]1(C(=O)Nc2ccc3[nH]nc(-c4ccc(F)c(F)c4)c3c2)CCN(CC(=O)N2CC=C(c3ccc(-c4ncccn4)cc3)CC2)C1. The zero-order valence-electron chi connectivity index (χ0n) is 26.2. The highest BCUT2D eigenvalue weighted by molar-refractivity contribution is 6.01. The molecule has 3 aromatic carbocycles. The van der Waals surface area contributed by atoms with Crippen LogP contribution in [-0.4, -0.2) is 87.2 Å². The van der Waals surface area contributed by atoms with Crippen LogP contribution < -0.4 is 5.32 Å². The number of nitrogens with one attached hydrogen (secondary N) is 2. The van der Waals surface area contributed by atoms with Crippen LogP contribution in [0.4, 0.5) is 14.5 Å². The first-order chi connectivity index (χ1) is 23.3. The van der Waals surface area contributed by atoms with Gasteiger partial charge in [-0.2, -0.15) is 5.10 Å². The van der Waals surface area contributed by atoms with Crippen molar-refractivity contribution in [3.05, 3.63) is 102 Å². The van der Waals surface area contributed by atoms with Gasteiger partial charge in [0.1, 0.15) is 5.69 Å². The van der Waals surface area contributed by atoms with Gasteiger partial charge in [0.05, 0.1) is 12.1 Å². The van der Waals surface area contributed by atoms with E-state index in [0.717, 1.165) is 29.7 Å². The summed E-state index contributed by atoms with van der Waals surface area (Å²) in [5.74, 6) is -1.55. The molecule has 0 spiro atoms. The third kappa shape index (κ3) is 6.19. The highest BCUT2D eigenvalue weighted by atomic mass is 19.2. The molecule has 0 saturated carbocycles. The van der Waals surface area contributed by atoms with Crippen molar-refractivity contribution in [2.75, 3.05) is 45.2 Å². The molecule has 2 aromatic heterocycles. The van der Waals surface area contributed by atoms with Gasteiger partial charge in [0.25, 0.3) is 5.91 Å². The summed E-state index contributed by atoms with van der Waals surface area (Å²) >= 11 is 0. The first-order valence-corrected chi connectivity index (χ1v) is 15.7. The van der Waals surface area contributed by atoms with E-state index in [9.17, 15) is 18.4 Å². The number of aromatic amines is 1. The number of amides is 2. The number of hydrogen-bond acceptors (Lipinski definition) is 7. The molecule has 7 rings (SSSR count). The molecule has 2 N–H and O–H groups in total. The minimum atomic E-state index is -1.14. The number of carbonyl (C=O) groups is 2. The van der Waals surface area contributed by atoms with E-state index in [1.54, 1.807) is 36.7 Å². The van der Waals surface area contributed by atoms with E-state index < -0.39 is 17.2 Å². The van der Waals surface area contributed by atoms with Crippen LogP contribution in [0.25, 0.3) is 39.1 Å². The predicted molar refractivity (Wildman–Crippen MR) is 178 cm³/mol. The fraction of sp³-hybridized carbons (Fsp3) is 0.250. The van der Waals surface area contributed by atoms with Crippen molar-refractivity contribution in [1.82, 2.24) is 30.0 Å². The maximum absolute atomic E-state index is 13.9. The lowest BCUT2D eigenvalue weighted by atomic mass is 9.98. The lowest BCUT2D eigenvalue weighted by Crippen LogP contribution is -2.48. The van der Waals surface area contributed by atoms with Crippen molar-refractivity contribution in [3.63, 3.8) is 0 Å². The van der Waals surface area contributed by atoms with Crippen molar-refractivity contribution in [3.8, 4) is 22.6 Å². The maximum atomic E-state index is 13.9. The number of aromatic nitrogens is 4. The van der Waals surface area contributed by atoms with E-state index in [1.165, 1.54) is 18.7 Å². The molecule has 0 radical (unpaired) electrons. The number of ether oxygens (including phenoxy) is 1. The zero-order valence-corrected chi connectivity index (χ0v) is 26.2. The van der Waals surface area contributed by atoms with Gasteiger partial charge in [-0.1, -0.05) is 30.3 Å². The summed E-state index contributed by atoms with van der Waals surface area (Å²) in [5.41, 5.74) is 4.14. The normalized spacial score (nSPS) is 18.2. The minimum absolute atomic E-state index is 0.00403. The Morgan fingerprint density at radius 2 is 1.73 bits per heavy atom. The van der Waals surface area contributed by atoms with E-state index in [-0.39, 0.29) is 24.9 Å². The number of likely N-dealkylation sites (tertiary alicyclic amines) is 1. The molecule has 0 unspecified atom stereocenters. The topological polar surface area (TPSA) is 116 Å². The predicted octanol–water partition coefficient (Wildman–Crippen LogP) is 5.31. The number of benzene rings is 3. The van der Waals surface area contributed by atoms with E-state index in [4.69, 9.17) is 4.74 Å². The quantitative estimate of drug-likeness (QED) is 0.234. The number of halogens is 2. The van der Waals surface area contributed by atoms with Crippen molar-refractivity contribution < 1.29 is 23.1 Å². The Morgan fingerprint density at radius 1 is 0.958 bits per heavy atom. The molecular formula is C36H33F2N7O3. The van der Waals surface area contributed by atoms with Crippen molar-refractivity contribution in [2.45, 2.75) is 18.4 Å². The lowest BCUT2D eigenvalue weighted by molar-refractivity contribution is -0.138. The Bertz CT molecular complexity index is 2020. The molecule has 48 heavy (non-hydrogen) atoms. The standard InChI is InChI=1S/C36H33F2N7O3/c1-48-36(35(47)41-27-8-10-31-28(20-27)33(43-42-31)26-7-9-29(37)30(38)19-26)13-18-44(22-36)21-32(46)45-16-11-24(12-17-45)23-3-5-25(6-4-23)34-39-14-2-15-40-34/h2-11,14-15,19-20H,12-13,16-18,21-22H2,1H3,(H,41,47)(H,42,43)/t36-/m0/s1. The van der Waals surface area contributed by atoms with Crippen molar-refractivity contribution in [1.29, 1.82) is 0 Å². The zero-order chi connectivity index (χ0) is 33.3. The van der Waals surface area contributed by atoms with Gasteiger partial charge in [-0.15, -0.1) is 0 Å². The maximum Gasteiger partial charge on any atom is 0.258 e. The van der Waals surface area contributed by atoms with Crippen LogP contribution in [0, 0.1) is 11.6 Å². The molecule has 1 fully saturated rings. The second kappa shape index (κ2) is 13.1. The molecule has 244 valence electrons. The first-order valence-electron chi connectivity index (χ1n) is 15.7. The fourth-order valence-electron chi connectivity index (χ4n) is 6.37. The molecule has 10 nitrogen and oxygen atoms in total. The number of methoxy groups -OCH3 is 1. The van der Waals surface area contributed by atoms with E-state index in [0.29, 0.717) is 59.7 Å². The third-order valence-electron chi connectivity index (χ3n) is 9.13. The van der Waals surface area contributed by atoms with Crippen molar-refractivity contribution in [2.24, 2.45) is 0 Å². The van der Waals surface area contributed by atoms with Crippen LogP contribution in [-0.2, 0) is 14.3 Å². The first kappa shape index (κ1) is 31.3. The van der Waals surface area contributed by atoms with Crippen LogP contribution >= 0.6 is 0 Å². The largest absolute Gasteiger partial charge is 0.367 e. The van der Waals surface area contributed by atoms with E-state index in [2.05, 4.69) is 43.7 Å². The Hall–Kier alpha value is -5.33. The Balaban J connectivity index is 0.966. The number of H-pyrrole nitrogens is 1. The summed E-state index contributed by atoms with van der Waals surface area (Å²) in [6.45, 7) is 2.11. The average Bonchev–Trinajstić information content (AvgIpc) is 3.75. The Kier molecular flexibility index (Phi) is 8.50. The van der Waals surface area contributed by atoms with Crippen LogP contribution in [0.1, 0.15) is 18.4 Å². The molecule has 1 saturated heterocycles. The molecule has 12 heteroatoms. The Morgan fingerprint density at radius 3 is 2.46 bits per heavy atom. The van der Waals surface area contributed by atoms with Crippen LogP contribution in [0.5, 0.6) is 0 Å². The van der Waals surface area contributed by atoms with Gasteiger partial charge in [0, 0.05) is 67.9 Å². The molecule has 0 bridgehead atoms. The highest BCUT2D eigenvalue weighted by Crippen LogP contribution is 2.32. The summed E-state index contributed by atoms with van der Waals surface area (Å²) in [6, 6.07) is 18.8. The van der Waals surface area contributed by atoms with Gasteiger partial charge >= 0.3 is 0 Å². The monoisotopic (exact) mass is 649 g/mol. The van der Waals surface area contributed by atoms with Gasteiger partial charge < -0.3 is 15.0 Å². The second-order valence-corrected chi connectivity index (χ2v) is 12.0. The average molecular weight is 650 g/mol. The number of fused-ring (bicyclic) bond motifs is 1. The summed E-state index contributed by atoms with van der Waals surface area (Å²) in [5, 5.41) is 10.8. The van der Waals surface area contributed by atoms with Gasteiger partial charge in [0.2, 0.25) is 5.91 Å². The minimum Gasteiger partial charge on any atom is -0.367 e. The summed E-state index contributed by atoms with van der Waals surface area (Å²) in [4.78, 5) is 39.3. The fourth-order valence-corrected chi connectivity index (χ4v) is 6.37. The molecule has 2 aliphatic heterocycles. The van der Waals surface area contributed by atoms with Gasteiger partial charge in [-0.05, 0) is 66.4 Å². The van der Waals surface area contributed by atoms with Crippen LogP contribution in [0.15, 0.2) is 85.2 Å². The van der Waals surface area contributed by atoms with Crippen LogP contribution in [0.2, 0.25) is 0 Å². The summed E-state index contributed by atoms with van der Waals surface area (Å²) in [7, 11) is 1.50. The molecule has 5 aromatic rings. The molecule has 2 amide bonds. The number of rotatable bonds is 8.